The molecule has 0 aliphatic rings. The maximum Gasteiger partial charge on any atom is 0.500 e. The lowest BCUT2D eigenvalue weighted by molar-refractivity contribution is 0.0707. The zero-order valence-electron chi connectivity index (χ0n) is 13.8. The third-order valence-corrected chi connectivity index (χ3v) is 6.09. The van der Waals surface area contributed by atoms with E-state index in [-0.39, 0.29) is 6.10 Å². The molecule has 20 heavy (non-hydrogen) atoms. The van der Waals surface area contributed by atoms with Crippen molar-refractivity contribution in [3.8, 4) is 0 Å². The molecule has 0 bridgehead atoms. The molecule has 0 amide bonds. The Hall–Kier alpha value is 0.0169. The quantitative estimate of drug-likeness (QED) is 0.403. The molecule has 0 radical (unpaired) electrons. The Labute approximate surface area is 125 Å². The molecule has 0 saturated carbocycles. The highest BCUT2D eigenvalue weighted by Crippen LogP contribution is 2.17. The van der Waals surface area contributed by atoms with E-state index in [4.69, 9.17) is 13.3 Å². The van der Waals surface area contributed by atoms with E-state index in [1.165, 1.54) is 0 Å². The van der Waals surface area contributed by atoms with E-state index in [9.17, 15) is 5.11 Å². The Balaban J connectivity index is 4.11. The first kappa shape index (κ1) is 20.0. The molecule has 0 aliphatic heterocycles. The molecule has 0 fully saturated rings. The molecule has 0 heterocycles. The smallest absolute Gasteiger partial charge is 0.393 e. The summed E-state index contributed by atoms with van der Waals surface area (Å²) in [7, 11) is -2.49. The van der Waals surface area contributed by atoms with Crippen molar-refractivity contribution < 1.29 is 18.4 Å². The van der Waals surface area contributed by atoms with Crippen molar-refractivity contribution in [3.05, 3.63) is 0 Å². The molecule has 0 saturated heterocycles. The molecule has 122 valence electrons. The first-order valence-corrected chi connectivity index (χ1v) is 9.76. The average Bonchev–Trinajstić information content (AvgIpc) is 2.35. The maximum absolute atomic E-state index is 9.33. The summed E-state index contributed by atoms with van der Waals surface area (Å²) in [5.74, 6) is 0. The number of aliphatic hydroxyl groups is 1. The highest BCUT2D eigenvalue weighted by atomic mass is 28.4. The monoisotopic (exact) mass is 307 g/mol. The Morgan fingerprint density at radius 3 is 1.90 bits per heavy atom. The van der Waals surface area contributed by atoms with Gasteiger partial charge in [0.1, 0.15) is 0 Å². The molecule has 0 rings (SSSR count). The lowest BCUT2D eigenvalue weighted by Gasteiger charge is -2.28. The summed E-state index contributed by atoms with van der Waals surface area (Å²) in [5, 5.41) is 12.7. The highest BCUT2D eigenvalue weighted by molar-refractivity contribution is 6.60. The van der Waals surface area contributed by atoms with Crippen molar-refractivity contribution in [2.24, 2.45) is 0 Å². The SMILES string of the molecule is CCO[Si](CCCNC(C)CC(C)O)(OCC)OCC. The van der Waals surface area contributed by atoms with Crippen LogP contribution >= 0.6 is 0 Å². The molecule has 5 nitrogen and oxygen atoms in total. The van der Waals surface area contributed by atoms with Crippen LogP contribution in [0.25, 0.3) is 0 Å². The minimum Gasteiger partial charge on any atom is -0.393 e. The van der Waals surface area contributed by atoms with Gasteiger partial charge in [0.25, 0.3) is 0 Å². The Kier molecular flexibility index (Phi) is 11.7. The summed E-state index contributed by atoms with van der Waals surface area (Å²) in [5.41, 5.74) is 0. The minimum atomic E-state index is -2.49. The normalized spacial score (nSPS) is 15.3. The Morgan fingerprint density at radius 1 is 1.00 bits per heavy atom. The van der Waals surface area contributed by atoms with Gasteiger partial charge in [-0.15, -0.1) is 0 Å². The van der Waals surface area contributed by atoms with E-state index >= 15 is 0 Å². The molecule has 0 aliphatic carbocycles. The highest BCUT2D eigenvalue weighted by Gasteiger charge is 2.39. The largest absolute Gasteiger partial charge is 0.500 e. The van der Waals surface area contributed by atoms with Crippen LogP contribution in [0, 0.1) is 0 Å². The van der Waals surface area contributed by atoms with E-state index in [0.717, 1.165) is 25.4 Å². The van der Waals surface area contributed by atoms with Crippen LogP contribution in [0.4, 0.5) is 0 Å². The van der Waals surface area contributed by atoms with E-state index in [0.29, 0.717) is 25.9 Å². The number of hydrogen-bond donors (Lipinski definition) is 2. The summed E-state index contributed by atoms with van der Waals surface area (Å²) in [6.07, 6.45) is 1.46. The molecular weight excluding hydrogens is 274 g/mol. The van der Waals surface area contributed by atoms with Gasteiger partial charge in [-0.1, -0.05) is 0 Å². The van der Waals surface area contributed by atoms with Crippen LogP contribution in [0.15, 0.2) is 0 Å². The molecule has 0 aromatic rings. The third-order valence-electron chi connectivity index (χ3n) is 2.94. The first-order valence-electron chi connectivity index (χ1n) is 7.82. The fraction of sp³-hybridized carbons (Fsp3) is 1.00. The van der Waals surface area contributed by atoms with Gasteiger partial charge >= 0.3 is 8.80 Å². The van der Waals surface area contributed by atoms with E-state index in [1.54, 1.807) is 0 Å². The van der Waals surface area contributed by atoms with Gasteiger partial charge in [-0.3, -0.25) is 0 Å². The topological polar surface area (TPSA) is 60.0 Å². The second-order valence-electron chi connectivity index (χ2n) is 5.03. The van der Waals surface area contributed by atoms with Crippen LogP contribution in [-0.2, 0) is 13.3 Å². The van der Waals surface area contributed by atoms with Gasteiger partial charge in [0.2, 0.25) is 0 Å². The second kappa shape index (κ2) is 11.7. The second-order valence-corrected chi connectivity index (χ2v) is 7.76. The van der Waals surface area contributed by atoms with E-state index in [2.05, 4.69) is 12.2 Å². The third kappa shape index (κ3) is 9.04. The van der Waals surface area contributed by atoms with Gasteiger partial charge in [0.05, 0.1) is 6.10 Å². The van der Waals surface area contributed by atoms with Gasteiger partial charge in [-0.2, -0.15) is 0 Å². The molecule has 0 spiro atoms. The lowest BCUT2D eigenvalue weighted by Crippen LogP contribution is -2.46. The number of hydrogen-bond acceptors (Lipinski definition) is 5. The van der Waals surface area contributed by atoms with Gasteiger partial charge in [-0.25, -0.2) is 0 Å². The Bertz CT molecular complexity index is 212. The van der Waals surface area contributed by atoms with Gasteiger partial charge in [-0.05, 0) is 54.0 Å². The minimum absolute atomic E-state index is 0.263. The van der Waals surface area contributed by atoms with Crippen LogP contribution in [0.3, 0.4) is 0 Å². The predicted octanol–water partition coefficient (Wildman–Crippen LogP) is 2.17. The molecule has 2 atom stereocenters. The van der Waals surface area contributed by atoms with Crippen molar-refractivity contribution >= 4 is 8.80 Å². The van der Waals surface area contributed by atoms with Crippen molar-refractivity contribution in [2.45, 2.75) is 65.7 Å². The van der Waals surface area contributed by atoms with E-state index < -0.39 is 8.80 Å². The molecule has 2 unspecified atom stereocenters. The van der Waals surface area contributed by atoms with Gasteiger partial charge < -0.3 is 23.7 Å². The zero-order chi connectivity index (χ0) is 15.4. The van der Waals surface area contributed by atoms with Crippen LogP contribution in [-0.4, -0.2) is 52.4 Å². The zero-order valence-corrected chi connectivity index (χ0v) is 14.8. The maximum atomic E-state index is 9.33. The summed E-state index contributed by atoms with van der Waals surface area (Å²) < 4.78 is 17.4. The fourth-order valence-corrected chi connectivity index (χ4v) is 4.86. The predicted molar refractivity (Wildman–Crippen MR) is 83.8 cm³/mol. The van der Waals surface area contributed by atoms with Crippen LogP contribution < -0.4 is 5.32 Å². The van der Waals surface area contributed by atoms with Gasteiger partial charge in [0, 0.05) is 31.9 Å². The summed E-state index contributed by atoms with van der Waals surface area (Å²) in [6, 6.07) is 1.15. The van der Waals surface area contributed by atoms with Crippen molar-refractivity contribution in [1.82, 2.24) is 5.32 Å². The molecule has 0 aromatic carbocycles. The number of rotatable bonds is 13. The van der Waals surface area contributed by atoms with Crippen LogP contribution in [0.2, 0.25) is 6.04 Å². The molecular formula is C14H33NO4Si. The van der Waals surface area contributed by atoms with Crippen LogP contribution in [0.1, 0.15) is 47.5 Å². The standard InChI is InChI=1S/C14H33NO4Si/c1-6-17-20(18-7-2,19-8-3)11-9-10-15-13(4)12-14(5)16/h13-16H,6-12H2,1-5H3. The Morgan fingerprint density at radius 2 is 1.50 bits per heavy atom. The van der Waals surface area contributed by atoms with Crippen LogP contribution in [0.5, 0.6) is 0 Å². The van der Waals surface area contributed by atoms with Gasteiger partial charge in [0.15, 0.2) is 0 Å². The fourth-order valence-electron chi connectivity index (χ4n) is 2.25. The molecule has 6 heteroatoms. The lowest BCUT2D eigenvalue weighted by atomic mass is 10.1. The van der Waals surface area contributed by atoms with Crippen molar-refractivity contribution in [1.29, 1.82) is 0 Å². The summed E-state index contributed by atoms with van der Waals surface area (Å²) in [4.78, 5) is 0. The number of aliphatic hydroxyl groups excluding tert-OH is 1. The van der Waals surface area contributed by atoms with Crippen molar-refractivity contribution in [2.75, 3.05) is 26.4 Å². The molecule has 2 N–H and O–H groups in total. The summed E-state index contributed by atoms with van der Waals surface area (Å²) in [6.45, 7) is 12.6. The van der Waals surface area contributed by atoms with E-state index in [1.807, 2.05) is 27.7 Å². The average molecular weight is 308 g/mol. The number of nitrogens with one attached hydrogen (secondary N) is 1. The first-order chi connectivity index (χ1) is 9.49. The molecule has 0 aromatic heterocycles. The summed E-state index contributed by atoms with van der Waals surface area (Å²) >= 11 is 0. The van der Waals surface area contributed by atoms with Crippen molar-refractivity contribution in [3.63, 3.8) is 0 Å².